The van der Waals surface area contributed by atoms with Crippen LogP contribution in [0.3, 0.4) is 0 Å². The number of hydrogen-bond acceptors (Lipinski definition) is 6. The highest BCUT2D eigenvalue weighted by Crippen LogP contribution is 2.30. The van der Waals surface area contributed by atoms with Crippen molar-refractivity contribution >= 4 is 6.21 Å². The van der Waals surface area contributed by atoms with E-state index in [-0.39, 0.29) is 17.3 Å². The molecule has 2 N–H and O–H groups in total. The Balaban J connectivity index is 1.73. The molecular formula is C21H20FN5O3. The summed E-state index contributed by atoms with van der Waals surface area (Å²) in [6, 6.07) is 9.29. The normalized spacial score (nSPS) is 16.8. The molecule has 30 heavy (non-hydrogen) atoms. The van der Waals surface area contributed by atoms with Crippen LogP contribution in [0.25, 0.3) is 5.69 Å². The maximum absolute atomic E-state index is 14.2. The van der Waals surface area contributed by atoms with Gasteiger partial charge in [0.05, 0.1) is 17.9 Å². The van der Waals surface area contributed by atoms with Crippen LogP contribution in [0.5, 0.6) is 5.88 Å². The van der Waals surface area contributed by atoms with Crippen molar-refractivity contribution in [1.29, 1.82) is 0 Å². The number of nitrogens with zero attached hydrogens (tertiary/aromatic N) is 4. The largest absolute Gasteiger partial charge is 0.493 e. The average molecular weight is 409 g/mol. The quantitative estimate of drug-likeness (QED) is 0.644. The molecule has 2 aromatic heterocycles. The van der Waals surface area contributed by atoms with Gasteiger partial charge in [0.15, 0.2) is 0 Å². The van der Waals surface area contributed by atoms with Gasteiger partial charge >= 0.3 is 5.69 Å². The highest BCUT2D eigenvalue weighted by Gasteiger charge is 2.23. The first-order valence-corrected chi connectivity index (χ1v) is 9.60. The molecule has 3 aromatic rings. The van der Waals surface area contributed by atoms with Gasteiger partial charge in [-0.1, -0.05) is 18.2 Å². The summed E-state index contributed by atoms with van der Waals surface area (Å²) in [5, 5.41) is 16.8. The van der Waals surface area contributed by atoms with Gasteiger partial charge in [-0.3, -0.25) is 19.8 Å². The molecule has 154 valence electrons. The van der Waals surface area contributed by atoms with Gasteiger partial charge in [0.1, 0.15) is 11.4 Å². The number of aromatic amines is 1. The van der Waals surface area contributed by atoms with Crippen LogP contribution in [0.2, 0.25) is 0 Å². The summed E-state index contributed by atoms with van der Waals surface area (Å²) in [4.78, 5) is 30.8. The van der Waals surface area contributed by atoms with Gasteiger partial charge < -0.3 is 5.11 Å². The zero-order valence-electron chi connectivity index (χ0n) is 16.0. The topological polar surface area (TPSA) is 104 Å². The molecule has 3 heterocycles. The van der Waals surface area contributed by atoms with E-state index in [9.17, 15) is 19.1 Å². The van der Waals surface area contributed by atoms with Gasteiger partial charge in [0.25, 0.3) is 5.56 Å². The maximum Gasteiger partial charge on any atom is 0.335 e. The first kappa shape index (κ1) is 19.6. The minimum atomic E-state index is -0.939. The third-order valence-corrected chi connectivity index (χ3v) is 5.09. The molecule has 1 aromatic carbocycles. The van der Waals surface area contributed by atoms with Crippen LogP contribution in [0, 0.1) is 5.82 Å². The number of hydrogen-bond donors (Lipinski definition) is 2. The van der Waals surface area contributed by atoms with Crippen molar-refractivity contribution in [1.82, 2.24) is 19.5 Å². The molecule has 1 aliphatic heterocycles. The van der Waals surface area contributed by atoms with Gasteiger partial charge in [-0.25, -0.2) is 13.8 Å². The van der Waals surface area contributed by atoms with Crippen molar-refractivity contribution in [3.63, 3.8) is 0 Å². The second-order valence-corrected chi connectivity index (χ2v) is 6.99. The number of nitrogens with one attached hydrogen (secondary N) is 1. The Morgan fingerprint density at radius 1 is 1.20 bits per heavy atom. The number of hydrazone groups is 1. The van der Waals surface area contributed by atoms with Crippen LogP contribution < -0.4 is 11.2 Å². The Kier molecular flexibility index (Phi) is 5.42. The smallest absolute Gasteiger partial charge is 0.335 e. The molecule has 0 radical (unpaired) electrons. The number of halogens is 1. The zero-order chi connectivity index (χ0) is 21.1. The molecule has 8 nitrogen and oxygen atoms in total. The molecule has 1 aliphatic rings. The van der Waals surface area contributed by atoms with Gasteiger partial charge in [0, 0.05) is 18.9 Å². The summed E-state index contributed by atoms with van der Waals surface area (Å²) < 4.78 is 14.9. The van der Waals surface area contributed by atoms with E-state index < -0.39 is 22.9 Å². The highest BCUT2D eigenvalue weighted by molar-refractivity contribution is 5.82. The van der Waals surface area contributed by atoms with Crippen molar-refractivity contribution in [3.8, 4) is 11.6 Å². The van der Waals surface area contributed by atoms with E-state index in [1.54, 1.807) is 12.4 Å². The monoisotopic (exact) mass is 409 g/mol. The molecule has 9 heteroatoms. The fourth-order valence-corrected chi connectivity index (χ4v) is 3.61. The lowest BCUT2D eigenvalue weighted by atomic mass is 9.98. The maximum atomic E-state index is 14.2. The first-order valence-electron chi connectivity index (χ1n) is 9.60. The fourth-order valence-electron chi connectivity index (χ4n) is 3.61. The first-order chi connectivity index (χ1) is 14.6. The summed E-state index contributed by atoms with van der Waals surface area (Å²) in [5.74, 6) is -1.38. The van der Waals surface area contributed by atoms with E-state index in [0.29, 0.717) is 11.1 Å². The SMILES string of the molecule is O=c1[nH]c(=O)n(-c2ccccc2F)c(O)c1/C=N/N1CCCC[C@@H]1c1cccnc1. The van der Waals surface area contributed by atoms with Crippen molar-refractivity contribution in [2.45, 2.75) is 25.3 Å². The molecule has 0 amide bonds. The van der Waals surface area contributed by atoms with E-state index >= 15 is 0 Å². The third-order valence-electron chi connectivity index (χ3n) is 5.09. The van der Waals surface area contributed by atoms with Crippen LogP contribution in [-0.2, 0) is 0 Å². The number of piperidine rings is 1. The molecule has 0 bridgehead atoms. The molecule has 1 saturated heterocycles. The lowest BCUT2D eigenvalue weighted by Gasteiger charge is -2.33. The second-order valence-electron chi connectivity index (χ2n) is 6.99. The Morgan fingerprint density at radius 2 is 2.03 bits per heavy atom. The summed E-state index contributed by atoms with van der Waals surface area (Å²) in [6.07, 6.45) is 7.53. The Hall–Kier alpha value is -3.75. The predicted molar refractivity (Wildman–Crippen MR) is 109 cm³/mol. The summed E-state index contributed by atoms with van der Waals surface area (Å²) in [6.45, 7) is 0.668. The molecule has 4 rings (SSSR count). The van der Waals surface area contributed by atoms with Crippen LogP contribution in [-0.4, -0.2) is 37.4 Å². The third kappa shape index (κ3) is 3.73. The molecule has 0 spiro atoms. The van der Waals surface area contributed by atoms with E-state index in [2.05, 4.69) is 15.1 Å². The van der Waals surface area contributed by atoms with Gasteiger partial charge in [-0.2, -0.15) is 5.10 Å². The van der Waals surface area contributed by atoms with Gasteiger partial charge in [0.2, 0.25) is 5.88 Å². The minimum absolute atomic E-state index is 0.0117. The van der Waals surface area contributed by atoms with E-state index in [1.165, 1.54) is 24.4 Å². The van der Waals surface area contributed by atoms with Crippen LogP contribution >= 0.6 is 0 Å². The lowest BCUT2D eigenvalue weighted by Crippen LogP contribution is -2.33. The van der Waals surface area contributed by atoms with E-state index in [4.69, 9.17) is 0 Å². The number of aromatic hydroxyl groups is 1. The number of rotatable bonds is 4. The lowest BCUT2D eigenvalue weighted by molar-refractivity contribution is 0.156. The fraction of sp³-hybridized carbons (Fsp3) is 0.238. The number of aromatic nitrogens is 3. The minimum Gasteiger partial charge on any atom is -0.493 e. The number of benzene rings is 1. The predicted octanol–water partition coefficient (Wildman–Crippen LogP) is 2.33. The number of para-hydroxylation sites is 1. The zero-order valence-corrected chi connectivity index (χ0v) is 16.0. The molecule has 0 saturated carbocycles. The van der Waals surface area contributed by atoms with Gasteiger partial charge in [-0.05, 0) is 43.0 Å². The Morgan fingerprint density at radius 3 is 2.80 bits per heavy atom. The molecule has 1 atom stereocenters. The van der Waals surface area contributed by atoms with Crippen molar-refractivity contribution < 1.29 is 9.50 Å². The van der Waals surface area contributed by atoms with Crippen molar-refractivity contribution in [2.24, 2.45) is 5.10 Å². The average Bonchev–Trinajstić information content (AvgIpc) is 2.75. The molecular weight excluding hydrogens is 389 g/mol. The van der Waals surface area contributed by atoms with Crippen LogP contribution in [0.1, 0.15) is 36.4 Å². The summed E-state index contributed by atoms with van der Waals surface area (Å²) in [7, 11) is 0. The molecule has 0 aliphatic carbocycles. The number of pyridine rings is 1. The Labute approximate surface area is 171 Å². The van der Waals surface area contributed by atoms with Crippen molar-refractivity contribution in [2.75, 3.05) is 6.54 Å². The number of H-pyrrole nitrogens is 1. The standard InChI is InChI=1S/C21H20FN5O3/c22-16-7-1-2-9-18(16)27-20(29)15(19(28)25-21(27)30)13-24-26-11-4-3-8-17(26)14-6-5-10-23-12-14/h1-2,5-7,9-10,12-13,17,29H,3-4,8,11H2,(H,25,28,30)/b24-13+/t17-/m1/s1. The highest BCUT2D eigenvalue weighted by atomic mass is 19.1. The Bertz CT molecular complexity index is 1190. The molecule has 0 unspecified atom stereocenters. The van der Waals surface area contributed by atoms with E-state index in [1.807, 2.05) is 17.1 Å². The van der Waals surface area contributed by atoms with Crippen molar-refractivity contribution in [3.05, 3.63) is 86.6 Å². The molecule has 1 fully saturated rings. The summed E-state index contributed by atoms with van der Waals surface area (Å²) >= 11 is 0. The van der Waals surface area contributed by atoms with Crippen LogP contribution in [0.15, 0.2) is 63.5 Å². The van der Waals surface area contributed by atoms with Crippen LogP contribution in [0.4, 0.5) is 4.39 Å². The van der Waals surface area contributed by atoms with E-state index in [0.717, 1.165) is 30.9 Å². The van der Waals surface area contributed by atoms with Gasteiger partial charge in [-0.15, -0.1) is 0 Å². The summed E-state index contributed by atoms with van der Waals surface area (Å²) in [5.41, 5.74) is -1.14. The second kappa shape index (κ2) is 8.32.